The van der Waals surface area contributed by atoms with E-state index in [1.165, 1.54) is 31.5 Å². The van der Waals surface area contributed by atoms with Gasteiger partial charge in [-0.15, -0.1) is 0 Å². The van der Waals surface area contributed by atoms with Gasteiger partial charge in [-0.1, -0.05) is 6.42 Å². The van der Waals surface area contributed by atoms with E-state index in [9.17, 15) is 8.42 Å². The van der Waals surface area contributed by atoms with Crippen LogP contribution in [0.4, 0.5) is 5.69 Å². The number of likely N-dealkylation sites (tertiary alicyclic amines) is 1. The Morgan fingerprint density at radius 1 is 1.18 bits per heavy atom. The van der Waals surface area contributed by atoms with E-state index in [0.717, 1.165) is 31.7 Å². The van der Waals surface area contributed by atoms with Gasteiger partial charge < -0.3 is 9.64 Å². The maximum atomic E-state index is 12.7. The molecule has 0 aliphatic carbocycles. The zero-order valence-corrected chi connectivity index (χ0v) is 18.3. The summed E-state index contributed by atoms with van der Waals surface area (Å²) in [5, 5.41) is 0. The van der Waals surface area contributed by atoms with E-state index in [1.807, 2.05) is 0 Å². The summed E-state index contributed by atoms with van der Waals surface area (Å²) >= 11 is 3.33. The number of nitrogens with zero attached hydrogens (tertiary/aromatic N) is 3. The molecule has 3 heterocycles. The molecule has 0 amide bonds. The van der Waals surface area contributed by atoms with Gasteiger partial charge >= 0.3 is 0 Å². The second-order valence-corrected chi connectivity index (χ2v) is 9.45. The molecule has 2 aromatic rings. The summed E-state index contributed by atoms with van der Waals surface area (Å²) in [5.41, 5.74) is 1.05. The first-order chi connectivity index (χ1) is 13.4. The third kappa shape index (κ3) is 5.89. The summed E-state index contributed by atoms with van der Waals surface area (Å²) in [6.07, 6.45) is 7.62. The van der Waals surface area contributed by atoms with Crippen LogP contribution in [-0.4, -0.2) is 49.5 Å². The fourth-order valence-corrected chi connectivity index (χ4v) is 4.40. The highest BCUT2D eigenvalue weighted by Gasteiger charge is 2.18. The number of rotatable bonds is 8. The first-order valence-electron chi connectivity index (χ1n) is 9.40. The zero-order chi connectivity index (χ0) is 20.0. The summed E-state index contributed by atoms with van der Waals surface area (Å²) in [6.45, 7) is 5.55. The van der Waals surface area contributed by atoms with Gasteiger partial charge in [-0.3, -0.25) is 9.71 Å². The first-order valence-corrected chi connectivity index (χ1v) is 11.7. The molecule has 0 saturated carbocycles. The van der Waals surface area contributed by atoms with E-state index < -0.39 is 10.0 Å². The fraction of sp³-hybridized carbons (Fsp3) is 0.474. The van der Waals surface area contributed by atoms with Gasteiger partial charge in [0.15, 0.2) is 0 Å². The van der Waals surface area contributed by atoms with Crippen molar-refractivity contribution in [3.63, 3.8) is 0 Å². The highest BCUT2D eigenvalue weighted by Crippen LogP contribution is 2.28. The van der Waals surface area contributed by atoms with Crippen LogP contribution in [0.25, 0.3) is 0 Å². The lowest BCUT2D eigenvalue weighted by Gasteiger charge is -2.26. The monoisotopic (exact) mass is 468 g/mol. The van der Waals surface area contributed by atoms with Crippen LogP contribution < -0.4 is 9.46 Å². The molecule has 0 atom stereocenters. The predicted octanol–water partition coefficient (Wildman–Crippen LogP) is 3.60. The number of halogens is 1. The van der Waals surface area contributed by atoms with Crippen molar-refractivity contribution in [2.75, 3.05) is 31.0 Å². The van der Waals surface area contributed by atoms with Gasteiger partial charge in [0.05, 0.1) is 6.61 Å². The minimum Gasteiger partial charge on any atom is -0.476 e. The van der Waals surface area contributed by atoms with Crippen LogP contribution >= 0.6 is 15.9 Å². The number of hydrogen-bond donors (Lipinski definition) is 1. The van der Waals surface area contributed by atoms with Crippen LogP contribution in [0.1, 0.15) is 31.4 Å². The van der Waals surface area contributed by atoms with Crippen molar-refractivity contribution >= 4 is 31.6 Å². The van der Waals surface area contributed by atoms with Crippen molar-refractivity contribution in [3.05, 3.63) is 40.8 Å². The van der Waals surface area contributed by atoms with Crippen LogP contribution in [0.15, 0.2) is 40.0 Å². The van der Waals surface area contributed by atoms with Crippen LogP contribution in [0.2, 0.25) is 0 Å². The molecule has 0 aromatic carbocycles. The maximum Gasteiger partial charge on any atom is 0.263 e. The maximum absolute atomic E-state index is 12.7. The number of ether oxygens (including phenoxy) is 1. The molecule has 0 spiro atoms. The van der Waals surface area contributed by atoms with Crippen molar-refractivity contribution in [1.29, 1.82) is 0 Å². The normalized spacial score (nSPS) is 15.4. The molecule has 3 rings (SSSR count). The Kier molecular flexibility index (Phi) is 7.25. The largest absolute Gasteiger partial charge is 0.476 e. The minimum absolute atomic E-state index is 0.0918. The van der Waals surface area contributed by atoms with E-state index in [4.69, 9.17) is 4.74 Å². The lowest BCUT2D eigenvalue weighted by molar-refractivity contribution is 0.203. The standard InChI is InChI=1S/C19H25BrN4O3S/c1-15-6-7-17(14-21-15)28(25,26)23-18-12-16(20)13-22-19(18)27-11-5-10-24-8-3-2-4-9-24/h6-7,12-14,23H,2-5,8-11H2,1H3. The molecular weight excluding hydrogens is 444 g/mol. The van der Waals surface area contributed by atoms with E-state index >= 15 is 0 Å². The molecule has 7 nitrogen and oxygen atoms in total. The molecule has 1 aliphatic rings. The van der Waals surface area contributed by atoms with Gasteiger partial charge in [-0.25, -0.2) is 13.4 Å². The summed E-state index contributed by atoms with van der Waals surface area (Å²) in [7, 11) is -3.78. The van der Waals surface area contributed by atoms with Crippen molar-refractivity contribution in [2.45, 2.75) is 37.5 Å². The predicted molar refractivity (Wildman–Crippen MR) is 112 cm³/mol. The number of aryl methyl sites for hydroxylation is 1. The molecule has 1 aliphatic heterocycles. The number of anilines is 1. The third-order valence-electron chi connectivity index (χ3n) is 4.56. The SMILES string of the molecule is Cc1ccc(S(=O)(=O)Nc2cc(Br)cnc2OCCCN2CCCCC2)cn1. The molecular formula is C19H25BrN4O3S. The smallest absolute Gasteiger partial charge is 0.263 e. The van der Waals surface area contributed by atoms with Crippen LogP contribution in [0, 0.1) is 6.92 Å². The van der Waals surface area contributed by atoms with E-state index in [2.05, 4.69) is 35.5 Å². The van der Waals surface area contributed by atoms with Crippen LogP contribution in [0.3, 0.4) is 0 Å². The summed E-state index contributed by atoms with van der Waals surface area (Å²) in [6, 6.07) is 4.83. The van der Waals surface area contributed by atoms with Crippen molar-refractivity contribution in [1.82, 2.24) is 14.9 Å². The fourth-order valence-electron chi connectivity index (χ4n) is 3.07. The number of aromatic nitrogens is 2. The Hall–Kier alpha value is -1.71. The minimum atomic E-state index is -3.78. The van der Waals surface area contributed by atoms with Gasteiger partial charge in [0.1, 0.15) is 10.6 Å². The number of hydrogen-bond acceptors (Lipinski definition) is 6. The summed E-state index contributed by atoms with van der Waals surface area (Å²) < 4.78 is 34.3. The first kappa shape index (κ1) is 21.0. The van der Waals surface area contributed by atoms with Crippen molar-refractivity contribution < 1.29 is 13.2 Å². The van der Waals surface area contributed by atoms with E-state index in [0.29, 0.717) is 16.8 Å². The molecule has 9 heteroatoms. The molecule has 0 bridgehead atoms. The second-order valence-electron chi connectivity index (χ2n) is 6.85. The Bertz CT molecular complexity index is 885. The number of piperidine rings is 1. The third-order valence-corrected chi connectivity index (χ3v) is 6.35. The summed E-state index contributed by atoms with van der Waals surface area (Å²) in [5.74, 6) is 0.269. The lowest BCUT2D eigenvalue weighted by atomic mass is 10.1. The van der Waals surface area contributed by atoms with Gasteiger partial charge in [0.2, 0.25) is 5.88 Å². The van der Waals surface area contributed by atoms with Crippen LogP contribution in [-0.2, 0) is 10.0 Å². The Balaban J connectivity index is 1.64. The molecule has 1 N–H and O–H groups in total. The molecule has 152 valence electrons. The molecule has 0 unspecified atom stereocenters. The number of sulfonamides is 1. The van der Waals surface area contributed by atoms with Gasteiger partial charge in [-0.05, 0) is 73.4 Å². The molecule has 2 aromatic heterocycles. The topological polar surface area (TPSA) is 84.4 Å². The Morgan fingerprint density at radius 3 is 2.68 bits per heavy atom. The summed E-state index contributed by atoms with van der Waals surface area (Å²) in [4.78, 5) is 10.8. The second kappa shape index (κ2) is 9.67. The Labute approximate surface area is 174 Å². The zero-order valence-electron chi connectivity index (χ0n) is 15.9. The lowest BCUT2D eigenvalue weighted by Crippen LogP contribution is -2.31. The highest BCUT2D eigenvalue weighted by molar-refractivity contribution is 9.10. The van der Waals surface area contributed by atoms with Crippen LogP contribution in [0.5, 0.6) is 5.88 Å². The average Bonchev–Trinajstić information content (AvgIpc) is 2.67. The van der Waals surface area contributed by atoms with Gasteiger partial charge in [-0.2, -0.15) is 0 Å². The van der Waals surface area contributed by atoms with E-state index in [-0.39, 0.29) is 10.8 Å². The molecule has 1 saturated heterocycles. The molecule has 1 fully saturated rings. The molecule has 28 heavy (non-hydrogen) atoms. The van der Waals surface area contributed by atoms with Gasteiger partial charge in [0, 0.05) is 29.1 Å². The average molecular weight is 469 g/mol. The molecule has 0 radical (unpaired) electrons. The Morgan fingerprint density at radius 2 is 1.96 bits per heavy atom. The van der Waals surface area contributed by atoms with Gasteiger partial charge in [0.25, 0.3) is 10.0 Å². The van der Waals surface area contributed by atoms with E-state index in [1.54, 1.807) is 25.3 Å². The number of nitrogens with one attached hydrogen (secondary N) is 1. The quantitative estimate of drug-likeness (QED) is 0.595. The highest BCUT2D eigenvalue weighted by atomic mass is 79.9. The van der Waals surface area contributed by atoms with Crippen molar-refractivity contribution in [2.24, 2.45) is 0 Å². The number of pyridine rings is 2. The van der Waals surface area contributed by atoms with Crippen molar-refractivity contribution in [3.8, 4) is 5.88 Å².